The van der Waals surface area contributed by atoms with Crippen LogP contribution in [0.15, 0.2) is 5.16 Å². The van der Waals surface area contributed by atoms with E-state index in [0.717, 1.165) is 0 Å². The Hall–Kier alpha value is -2.16. The minimum atomic E-state index is -2.36. The van der Waals surface area contributed by atoms with Crippen LogP contribution in [-0.2, 0) is 33.3 Å². The van der Waals surface area contributed by atoms with Gasteiger partial charge in [-0.25, -0.2) is 14.4 Å². The molecule has 1 heterocycles. The molecule has 0 amide bonds. The zero-order chi connectivity index (χ0) is 17.7. The standard InChI is InChI=1S/C14H21NO8/c1-5-9(15-19)13(10(16)20-6-2)14(23-13,11(17)21-7-3)12(18)22-8-4/h19H,5-8H2,1-4H3/b15-9+. The maximum Gasteiger partial charge on any atom is 0.354 e. The molecule has 1 fully saturated rings. The number of esters is 3. The number of hydrogen-bond acceptors (Lipinski definition) is 9. The van der Waals surface area contributed by atoms with Crippen LogP contribution < -0.4 is 0 Å². The highest BCUT2D eigenvalue weighted by atomic mass is 16.7. The summed E-state index contributed by atoms with van der Waals surface area (Å²) in [7, 11) is 0. The predicted molar refractivity (Wildman–Crippen MR) is 76.0 cm³/mol. The number of carbonyl (C=O) groups is 3. The summed E-state index contributed by atoms with van der Waals surface area (Å²) >= 11 is 0. The molecular weight excluding hydrogens is 310 g/mol. The molecule has 1 saturated heterocycles. The number of carbonyl (C=O) groups excluding carboxylic acids is 3. The summed E-state index contributed by atoms with van der Waals surface area (Å²) in [5.74, 6) is -3.21. The minimum absolute atomic E-state index is 0.0197. The lowest BCUT2D eigenvalue weighted by molar-refractivity contribution is -0.164. The molecule has 0 spiro atoms. The Labute approximate surface area is 133 Å². The van der Waals surface area contributed by atoms with Gasteiger partial charge in [0.2, 0.25) is 0 Å². The van der Waals surface area contributed by atoms with Gasteiger partial charge in [0.15, 0.2) is 0 Å². The van der Waals surface area contributed by atoms with Gasteiger partial charge in [-0.15, -0.1) is 0 Å². The Morgan fingerprint density at radius 3 is 1.57 bits per heavy atom. The van der Waals surface area contributed by atoms with Gasteiger partial charge in [-0.3, -0.25) is 0 Å². The van der Waals surface area contributed by atoms with Gasteiger partial charge in [-0.05, 0) is 27.2 Å². The van der Waals surface area contributed by atoms with Crippen molar-refractivity contribution in [3.63, 3.8) is 0 Å². The topological polar surface area (TPSA) is 124 Å². The van der Waals surface area contributed by atoms with E-state index in [1.165, 1.54) is 13.8 Å². The second kappa shape index (κ2) is 7.40. The van der Waals surface area contributed by atoms with Gasteiger partial charge >= 0.3 is 23.5 Å². The predicted octanol–water partition coefficient (Wildman–Crippen LogP) is 0.424. The van der Waals surface area contributed by atoms with Crippen molar-refractivity contribution in [2.75, 3.05) is 19.8 Å². The smallest absolute Gasteiger partial charge is 0.354 e. The molecule has 0 aromatic heterocycles. The van der Waals surface area contributed by atoms with Crippen LogP contribution in [0.2, 0.25) is 0 Å². The molecule has 1 atom stereocenters. The third kappa shape index (κ3) is 2.76. The number of oxime groups is 1. The summed E-state index contributed by atoms with van der Waals surface area (Å²) in [5, 5.41) is 12.2. The summed E-state index contributed by atoms with van der Waals surface area (Å²) in [6.45, 7) is 6.08. The lowest BCUT2D eigenvalue weighted by Gasteiger charge is -2.17. The van der Waals surface area contributed by atoms with E-state index in [-0.39, 0.29) is 32.0 Å². The van der Waals surface area contributed by atoms with Gasteiger partial charge in [-0.1, -0.05) is 12.1 Å². The maximum atomic E-state index is 12.4. The molecule has 1 unspecified atom stereocenters. The normalized spacial score (nSPS) is 22.2. The maximum absolute atomic E-state index is 12.4. The summed E-state index contributed by atoms with van der Waals surface area (Å²) in [6.07, 6.45) is 0.0376. The summed E-state index contributed by atoms with van der Waals surface area (Å²) in [5.41, 5.74) is -4.76. The molecule has 0 aromatic carbocycles. The third-order valence-corrected chi connectivity index (χ3v) is 3.31. The van der Waals surface area contributed by atoms with E-state index >= 15 is 0 Å². The first kappa shape index (κ1) is 18.9. The van der Waals surface area contributed by atoms with Crippen LogP contribution in [0.1, 0.15) is 34.1 Å². The van der Waals surface area contributed by atoms with Crippen LogP contribution in [0, 0.1) is 0 Å². The Morgan fingerprint density at radius 1 is 0.870 bits per heavy atom. The van der Waals surface area contributed by atoms with E-state index in [1.807, 2.05) is 0 Å². The first-order valence-electron chi connectivity index (χ1n) is 7.35. The van der Waals surface area contributed by atoms with Gasteiger partial charge in [0.1, 0.15) is 5.71 Å². The third-order valence-electron chi connectivity index (χ3n) is 3.31. The largest absolute Gasteiger partial charge is 0.463 e. The fraction of sp³-hybridized carbons (Fsp3) is 0.714. The van der Waals surface area contributed by atoms with E-state index in [2.05, 4.69) is 5.16 Å². The molecular formula is C14H21NO8. The molecule has 1 N–H and O–H groups in total. The van der Waals surface area contributed by atoms with E-state index in [4.69, 9.17) is 18.9 Å². The Balaban J connectivity index is 3.43. The highest BCUT2D eigenvalue weighted by molar-refractivity contribution is 6.27. The van der Waals surface area contributed by atoms with Crippen LogP contribution in [-0.4, -0.2) is 59.8 Å². The number of ether oxygens (including phenoxy) is 4. The summed E-state index contributed by atoms with van der Waals surface area (Å²) < 4.78 is 19.9. The van der Waals surface area contributed by atoms with Crippen LogP contribution in [0.5, 0.6) is 0 Å². The molecule has 1 aliphatic rings. The molecule has 9 heteroatoms. The van der Waals surface area contributed by atoms with Gasteiger partial charge in [-0.2, -0.15) is 0 Å². The quantitative estimate of drug-likeness (QED) is 0.129. The minimum Gasteiger partial charge on any atom is -0.463 e. The van der Waals surface area contributed by atoms with E-state index in [9.17, 15) is 19.6 Å². The number of epoxide rings is 1. The summed E-state index contributed by atoms with van der Waals surface area (Å²) in [6, 6.07) is 0. The van der Waals surface area contributed by atoms with Crippen molar-refractivity contribution in [1.82, 2.24) is 0 Å². The van der Waals surface area contributed by atoms with Gasteiger partial charge in [0.05, 0.1) is 19.8 Å². The monoisotopic (exact) mass is 331 g/mol. The highest BCUT2D eigenvalue weighted by Crippen LogP contribution is 2.52. The lowest BCUT2D eigenvalue weighted by atomic mass is 9.86. The average molecular weight is 331 g/mol. The fourth-order valence-corrected chi connectivity index (χ4v) is 2.31. The SMILES string of the molecule is CCOC(=O)C1(C(=O)OCC)OC1(C(=O)OCC)/C(CC)=N/O. The van der Waals surface area contributed by atoms with E-state index in [0.29, 0.717) is 0 Å². The van der Waals surface area contributed by atoms with E-state index < -0.39 is 29.1 Å². The van der Waals surface area contributed by atoms with Crippen molar-refractivity contribution < 1.29 is 38.5 Å². The van der Waals surface area contributed by atoms with Crippen molar-refractivity contribution >= 4 is 23.6 Å². The van der Waals surface area contributed by atoms with Crippen molar-refractivity contribution in [1.29, 1.82) is 0 Å². The van der Waals surface area contributed by atoms with Gasteiger partial charge in [0, 0.05) is 0 Å². The Morgan fingerprint density at radius 2 is 1.26 bits per heavy atom. The van der Waals surface area contributed by atoms with E-state index in [1.54, 1.807) is 13.8 Å². The molecule has 0 saturated carbocycles. The van der Waals surface area contributed by atoms with Crippen molar-refractivity contribution in [3.8, 4) is 0 Å². The molecule has 0 bridgehead atoms. The molecule has 0 radical (unpaired) electrons. The number of hydrogen-bond donors (Lipinski definition) is 1. The van der Waals surface area contributed by atoms with Crippen LogP contribution in [0.25, 0.3) is 0 Å². The average Bonchev–Trinajstić information content (AvgIpc) is 3.22. The van der Waals surface area contributed by atoms with Gasteiger partial charge < -0.3 is 24.2 Å². The van der Waals surface area contributed by atoms with Crippen LogP contribution >= 0.6 is 0 Å². The zero-order valence-corrected chi connectivity index (χ0v) is 13.6. The molecule has 9 nitrogen and oxygen atoms in total. The molecule has 1 rings (SSSR count). The first-order chi connectivity index (χ1) is 10.9. The molecule has 0 aromatic rings. The van der Waals surface area contributed by atoms with Gasteiger partial charge in [0.25, 0.3) is 5.60 Å². The zero-order valence-electron chi connectivity index (χ0n) is 13.6. The molecule has 0 aliphatic carbocycles. The number of nitrogens with zero attached hydrogens (tertiary/aromatic N) is 1. The van der Waals surface area contributed by atoms with Crippen molar-refractivity contribution in [2.24, 2.45) is 5.16 Å². The van der Waals surface area contributed by atoms with Crippen molar-refractivity contribution in [3.05, 3.63) is 0 Å². The molecule has 23 heavy (non-hydrogen) atoms. The van der Waals surface area contributed by atoms with Crippen LogP contribution in [0.3, 0.4) is 0 Å². The number of rotatable bonds is 8. The lowest BCUT2D eigenvalue weighted by Crippen LogP contribution is -2.51. The Bertz CT molecular complexity index is 497. The highest BCUT2D eigenvalue weighted by Gasteiger charge is 2.89. The second-order valence-electron chi connectivity index (χ2n) is 4.53. The fourth-order valence-electron chi connectivity index (χ4n) is 2.31. The first-order valence-corrected chi connectivity index (χ1v) is 7.35. The molecule has 130 valence electrons. The molecule has 1 aliphatic heterocycles. The Kier molecular flexibility index (Phi) is 6.08. The second-order valence-corrected chi connectivity index (χ2v) is 4.53. The summed E-state index contributed by atoms with van der Waals surface area (Å²) in [4.78, 5) is 37.0. The van der Waals surface area contributed by atoms with Crippen LogP contribution in [0.4, 0.5) is 0 Å². The van der Waals surface area contributed by atoms with Crippen molar-refractivity contribution in [2.45, 2.75) is 45.3 Å².